The lowest BCUT2D eigenvalue weighted by molar-refractivity contribution is -0.128. The Balaban J connectivity index is 0.00000312. The number of amides is 2. The summed E-state index contributed by atoms with van der Waals surface area (Å²) in [6.45, 7) is 3.72. The molecule has 1 aromatic carbocycles. The Hall–Kier alpha value is -1.11. The van der Waals surface area contributed by atoms with Crippen molar-refractivity contribution in [2.45, 2.75) is 51.1 Å². The van der Waals surface area contributed by atoms with E-state index in [1.807, 2.05) is 38.1 Å². The molecule has 140 valence electrons. The van der Waals surface area contributed by atoms with Crippen molar-refractivity contribution in [3.63, 3.8) is 0 Å². The van der Waals surface area contributed by atoms with Gasteiger partial charge in [-0.1, -0.05) is 54.8 Å². The van der Waals surface area contributed by atoms with Crippen molar-refractivity contribution in [2.75, 3.05) is 6.54 Å². The van der Waals surface area contributed by atoms with E-state index in [4.69, 9.17) is 5.73 Å². The van der Waals surface area contributed by atoms with E-state index in [0.717, 1.165) is 35.7 Å². The molecule has 1 aliphatic rings. The maximum Gasteiger partial charge on any atom is 0.240 e. The fourth-order valence-corrected chi connectivity index (χ4v) is 3.40. The molecule has 0 heterocycles. The van der Waals surface area contributed by atoms with Crippen LogP contribution in [-0.2, 0) is 15.1 Å². The summed E-state index contributed by atoms with van der Waals surface area (Å²) in [6, 6.07) is 7.48. The molecule has 0 radical (unpaired) electrons. The van der Waals surface area contributed by atoms with Gasteiger partial charge in [0.1, 0.15) is 0 Å². The summed E-state index contributed by atoms with van der Waals surface area (Å²) < 4.78 is 1.01. The van der Waals surface area contributed by atoms with E-state index in [0.29, 0.717) is 0 Å². The molecule has 5 nitrogen and oxygen atoms in total. The van der Waals surface area contributed by atoms with Gasteiger partial charge in [-0.15, -0.1) is 12.4 Å². The van der Waals surface area contributed by atoms with Crippen molar-refractivity contribution in [3.05, 3.63) is 34.3 Å². The number of nitrogens with two attached hydrogens (primary N) is 1. The molecule has 1 aromatic rings. The van der Waals surface area contributed by atoms with Crippen LogP contribution >= 0.6 is 28.3 Å². The minimum Gasteiger partial charge on any atom is -0.346 e. The Kier molecular flexibility index (Phi) is 8.38. The van der Waals surface area contributed by atoms with Crippen LogP contribution in [0.15, 0.2) is 28.7 Å². The van der Waals surface area contributed by atoms with Gasteiger partial charge in [0.25, 0.3) is 0 Å². The van der Waals surface area contributed by atoms with Gasteiger partial charge >= 0.3 is 0 Å². The Labute approximate surface area is 164 Å². The smallest absolute Gasteiger partial charge is 0.240 e. The standard InChI is InChI=1S/C18H26BrN3O2.ClH/c1-12(2)16(20)17(24)21-11-15(23)22-18(9-3-4-10-18)13-5-7-14(19)8-6-13;/h5-8,12,16H,3-4,9-11,20H2,1-2H3,(H,21,24)(H,22,23);1H/t16-;/m0./s1. The normalized spacial score (nSPS) is 16.8. The summed E-state index contributed by atoms with van der Waals surface area (Å²) in [5, 5.41) is 5.77. The Bertz CT molecular complexity index is 586. The van der Waals surface area contributed by atoms with Crippen LogP contribution in [0.3, 0.4) is 0 Å². The molecular weight excluding hydrogens is 406 g/mol. The lowest BCUT2D eigenvalue weighted by Crippen LogP contribution is -2.51. The van der Waals surface area contributed by atoms with Gasteiger partial charge in [0.05, 0.1) is 18.1 Å². The predicted molar refractivity (Wildman–Crippen MR) is 106 cm³/mol. The number of rotatable bonds is 6. The maximum atomic E-state index is 12.4. The van der Waals surface area contributed by atoms with Crippen LogP contribution in [-0.4, -0.2) is 24.4 Å². The van der Waals surface area contributed by atoms with E-state index in [9.17, 15) is 9.59 Å². The first-order chi connectivity index (χ1) is 11.3. The quantitative estimate of drug-likeness (QED) is 0.646. The van der Waals surface area contributed by atoms with E-state index >= 15 is 0 Å². The first kappa shape index (κ1) is 21.9. The summed E-state index contributed by atoms with van der Waals surface area (Å²) in [7, 11) is 0. The molecule has 7 heteroatoms. The van der Waals surface area contributed by atoms with Crippen molar-refractivity contribution in [3.8, 4) is 0 Å². The minimum absolute atomic E-state index is 0. The Morgan fingerprint density at radius 1 is 1.20 bits per heavy atom. The molecule has 0 aromatic heterocycles. The van der Waals surface area contributed by atoms with Crippen molar-refractivity contribution < 1.29 is 9.59 Å². The third-order valence-corrected chi connectivity index (χ3v) is 5.21. The number of halogens is 2. The van der Waals surface area contributed by atoms with Crippen molar-refractivity contribution in [2.24, 2.45) is 11.7 Å². The zero-order valence-corrected chi connectivity index (χ0v) is 17.1. The molecule has 2 rings (SSSR count). The molecule has 1 aliphatic carbocycles. The van der Waals surface area contributed by atoms with E-state index in [2.05, 4.69) is 26.6 Å². The van der Waals surface area contributed by atoms with Gasteiger partial charge in [-0.3, -0.25) is 9.59 Å². The molecule has 0 aliphatic heterocycles. The number of hydrogen-bond acceptors (Lipinski definition) is 3. The molecule has 1 saturated carbocycles. The van der Waals surface area contributed by atoms with Crippen LogP contribution in [0.5, 0.6) is 0 Å². The highest BCUT2D eigenvalue weighted by Gasteiger charge is 2.37. The molecular formula is C18H27BrClN3O2. The number of nitrogens with one attached hydrogen (secondary N) is 2. The van der Waals surface area contributed by atoms with Crippen LogP contribution < -0.4 is 16.4 Å². The lowest BCUT2D eigenvalue weighted by atomic mass is 9.88. The Morgan fingerprint density at radius 3 is 2.28 bits per heavy atom. The Morgan fingerprint density at radius 2 is 1.76 bits per heavy atom. The zero-order valence-electron chi connectivity index (χ0n) is 14.7. The summed E-state index contributed by atoms with van der Waals surface area (Å²) >= 11 is 3.44. The summed E-state index contributed by atoms with van der Waals surface area (Å²) in [5.74, 6) is -0.426. The average molecular weight is 433 g/mol. The minimum atomic E-state index is -0.593. The van der Waals surface area contributed by atoms with Gasteiger partial charge in [0.15, 0.2) is 0 Å². The molecule has 0 bridgehead atoms. The molecule has 1 atom stereocenters. The summed E-state index contributed by atoms with van der Waals surface area (Å²) in [4.78, 5) is 24.3. The van der Waals surface area contributed by atoms with Crippen LogP contribution in [0.2, 0.25) is 0 Å². The largest absolute Gasteiger partial charge is 0.346 e. The second kappa shape index (κ2) is 9.55. The SMILES string of the molecule is CC(C)[C@H](N)C(=O)NCC(=O)NC1(c2ccc(Br)cc2)CCCC1.Cl. The van der Waals surface area contributed by atoms with Crippen molar-refractivity contribution in [1.29, 1.82) is 0 Å². The highest BCUT2D eigenvalue weighted by Crippen LogP contribution is 2.39. The first-order valence-electron chi connectivity index (χ1n) is 8.44. The highest BCUT2D eigenvalue weighted by molar-refractivity contribution is 9.10. The fraction of sp³-hybridized carbons (Fsp3) is 0.556. The monoisotopic (exact) mass is 431 g/mol. The van der Waals surface area contributed by atoms with Crippen molar-refractivity contribution >= 4 is 40.2 Å². The first-order valence-corrected chi connectivity index (χ1v) is 9.24. The van der Waals surface area contributed by atoms with Crippen LogP contribution in [0.4, 0.5) is 0 Å². The fourth-order valence-electron chi connectivity index (χ4n) is 3.13. The van der Waals surface area contributed by atoms with Crippen molar-refractivity contribution in [1.82, 2.24) is 10.6 Å². The third-order valence-electron chi connectivity index (χ3n) is 4.68. The zero-order chi connectivity index (χ0) is 17.7. The number of benzene rings is 1. The van der Waals surface area contributed by atoms with Gasteiger partial charge in [-0.25, -0.2) is 0 Å². The average Bonchev–Trinajstić information content (AvgIpc) is 3.01. The summed E-state index contributed by atoms with van der Waals surface area (Å²) in [6.07, 6.45) is 4.00. The second-order valence-corrected chi connectivity index (χ2v) is 7.75. The number of carbonyl (C=O) groups excluding carboxylic acids is 2. The third kappa shape index (κ3) is 5.69. The highest BCUT2D eigenvalue weighted by atomic mass is 79.9. The van der Waals surface area contributed by atoms with E-state index < -0.39 is 6.04 Å². The molecule has 4 N–H and O–H groups in total. The van der Waals surface area contributed by atoms with Crippen LogP contribution in [0, 0.1) is 5.92 Å². The van der Waals surface area contributed by atoms with Gasteiger partial charge in [0.2, 0.25) is 11.8 Å². The van der Waals surface area contributed by atoms with Gasteiger partial charge in [-0.05, 0) is 36.5 Å². The lowest BCUT2D eigenvalue weighted by Gasteiger charge is -2.31. The van der Waals surface area contributed by atoms with Gasteiger partial charge in [-0.2, -0.15) is 0 Å². The molecule has 1 fully saturated rings. The van der Waals surface area contributed by atoms with E-state index in [1.54, 1.807) is 0 Å². The van der Waals surface area contributed by atoms with Gasteiger partial charge in [0, 0.05) is 4.47 Å². The molecule has 25 heavy (non-hydrogen) atoms. The topological polar surface area (TPSA) is 84.2 Å². The molecule has 2 amide bonds. The van der Waals surface area contributed by atoms with Crippen LogP contribution in [0.1, 0.15) is 45.1 Å². The van der Waals surface area contributed by atoms with Crippen LogP contribution in [0.25, 0.3) is 0 Å². The predicted octanol–water partition coefficient (Wildman–Crippen LogP) is 2.86. The van der Waals surface area contributed by atoms with Gasteiger partial charge < -0.3 is 16.4 Å². The second-order valence-electron chi connectivity index (χ2n) is 6.83. The summed E-state index contributed by atoms with van der Waals surface area (Å²) in [5.41, 5.74) is 6.57. The molecule has 0 spiro atoms. The maximum absolute atomic E-state index is 12.4. The molecule has 0 unspecified atom stereocenters. The van der Waals surface area contributed by atoms with E-state index in [1.165, 1.54) is 0 Å². The van der Waals surface area contributed by atoms with E-state index in [-0.39, 0.29) is 42.2 Å². The number of hydrogen-bond donors (Lipinski definition) is 3. The number of carbonyl (C=O) groups is 2. The molecule has 0 saturated heterocycles.